The van der Waals surface area contributed by atoms with E-state index in [0.29, 0.717) is 5.56 Å². The van der Waals surface area contributed by atoms with Gasteiger partial charge < -0.3 is 0 Å². The van der Waals surface area contributed by atoms with E-state index in [-0.39, 0.29) is 11.7 Å². The monoisotopic (exact) mass is 175 g/mol. The molecule has 2 nitrogen and oxygen atoms in total. The number of aromatic nitrogens is 1. The third-order valence-electron chi connectivity index (χ3n) is 1.84. The molecule has 1 atom stereocenters. The molecule has 13 heavy (non-hydrogen) atoms. The van der Waals surface area contributed by atoms with Crippen LogP contribution in [0.4, 0.5) is 0 Å². The summed E-state index contributed by atoms with van der Waals surface area (Å²) in [5.74, 6) is 0.0559. The van der Waals surface area contributed by atoms with E-state index >= 15 is 0 Å². The molecule has 1 aromatic heterocycles. The molecule has 0 unspecified atom stereocenters. The smallest absolute Gasteiger partial charge is 0.170 e. The summed E-state index contributed by atoms with van der Waals surface area (Å²) in [5.41, 5.74) is 0.674. The van der Waals surface area contributed by atoms with Crippen LogP contribution in [0.1, 0.15) is 24.2 Å². The van der Waals surface area contributed by atoms with Gasteiger partial charge in [0, 0.05) is 23.9 Å². The zero-order chi connectivity index (χ0) is 9.68. The first-order chi connectivity index (χ1) is 6.25. The molecule has 0 aliphatic rings. The number of pyridine rings is 1. The van der Waals surface area contributed by atoms with Gasteiger partial charge >= 0.3 is 0 Å². The van der Waals surface area contributed by atoms with Crippen LogP contribution in [0.5, 0.6) is 0 Å². The van der Waals surface area contributed by atoms with Crippen molar-refractivity contribution in [3.63, 3.8) is 0 Å². The third kappa shape index (κ3) is 2.51. The number of carbonyl (C=O) groups excluding carboxylic acids is 1. The molecule has 0 aromatic carbocycles. The largest absolute Gasteiger partial charge is 0.293 e. The fraction of sp³-hybridized carbons (Fsp3) is 0.273. The first-order valence-electron chi connectivity index (χ1n) is 4.32. The van der Waals surface area contributed by atoms with Gasteiger partial charge in [-0.05, 0) is 19.1 Å². The van der Waals surface area contributed by atoms with E-state index in [1.807, 2.05) is 26.0 Å². The van der Waals surface area contributed by atoms with Crippen molar-refractivity contribution in [1.29, 1.82) is 0 Å². The minimum Gasteiger partial charge on any atom is -0.293 e. The van der Waals surface area contributed by atoms with Gasteiger partial charge in [0.2, 0.25) is 0 Å². The first kappa shape index (κ1) is 9.65. The van der Waals surface area contributed by atoms with E-state index in [4.69, 9.17) is 0 Å². The number of hydrogen-bond acceptors (Lipinski definition) is 2. The van der Waals surface area contributed by atoms with Crippen LogP contribution in [0.15, 0.2) is 36.7 Å². The molecule has 0 spiro atoms. The Morgan fingerprint density at radius 1 is 1.62 bits per heavy atom. The van der Waals surface area contributed by atoms with Crippen LogP contribution in [0.3, 0.4) is 0 Å². The topological polar surface area (TPSA) is 30.0 Å². The maximum absolute atomic E-state index is 11.6. The Morgan fingerprint density at radius 2 is 2.38 bits per heavy atom. The SMILES string of the molecule is C/C=C/[C@@H](C)C(=O)c1cccnc1. The lowest BCUT2D eigenvalue weighted by Crippen LogP contribution is -2.08. The predicted molar refractivity (Wildman–Crippen MR) is 52.5 cm³/mol. The Morgan fingerprint density at radius 3 is 2.92 bits per heavy atom. The average Bonchev–Trinajstić information content (AvgIpc) is 2.18. The molecule has 0 aliphatic carbocycles. The molecule has 1 rings (SSSR count). The predicted octanol–water partition coefficient (Wildman–Crippen LogP) is 2.48. The molecule has 0 radical (unpaired) electrons. The van der Waals surface area contributed by atoms with Gasteiger partial charge in [-0.1, -0.05) is 19.1 Å². The van der Waals surface area contributed by atoms with Crippen LogP contribution in [-0.2, 0) is 0 Å². The van der Waals surface area contributed by atoms with Crippen molar-refractivity contribution in [2.75, 3.05) is 0 Å². The molecule has 0 saturated heterocycles. The number of allylic oxidation sites excluding steroid dienone is 2. The molecular formula is C11H13NO. The summed E-state index contributed by atoms with van der Waals surface area (Å²) in [6.45, 7) is 3.79. The summed E-state index contributed by atoms with van der Waals surface area (Å²) in [7, 11) is 0. The summed E-state index contributed by atoms with van der Waals surface area (Å²) in [6, 6.07) is 3.56. The fourth-order valence-corrected chi connectivity index (χ4v) is 1.15. The molecule has 0 bridgehead atoms. The molecule has 1 heterocycles. The number of carbonyl (C=O) groups is 1. The highest BCUT2D eigenvalue weighted by molar-refractivity contribution is 5.98. The maximum atomic E-state index is 11.6. The Labute approximate surface area is 78.3 Å². The van der Waals surface area contributed by atoms with Gasteiger partial charge in [0.15, 0.2) is 5.78 Å². The van der Waals surface area contributed by atoms with Crippen LogP contribution in [-0.4, -0.2) is 10.8 Å². The molecule has 1 aromatic rings. The zero-order valence-corrected chi connectivity index (χ0v) is 7.90. The highest BCUT2D eigenvalue weighted by Crippen LogP contribution is 2.08. The van der Waals surface area contributed by atoms with Crippen molar-refractivity contribution < 1.29 is 4.79 Å². The van der Waals surface area contributed by atoms with Crippen LogP contribution in [0, 0.1) is 5.92 Å². The van der Waals surface area contributed by atoms with Gasteiger partial charge in [0.1, 0.15) is 0 Å². The lowest BCUT2D eigenvalue weighted by Gasteiger charge is -2.03. The molecule has 2 heteroatoms. The van der Waals surface area contributed by atoms with E-state index in [0.717, 1.165) is 0 Å². The van der Waals surface area contributed by atoms with E-state index in [1.165, 1.54) is 0 Å². The second-order valence-corrected chi connectivity index (χ2v) is 2.92. The summed E-state index contributed by atoms with van der Waals surface area (Å²) in [6.07, 6.45) is 7.04. The summed E-state index contributed by atoms with van der Waals surface area (Å²) >= 11 is 0. The number of rotatable bonds is 3. The lowest BCUT2D eigenvalue weighted by atomic mass is 10.0. The van der Waals surface area contributed by atoms with E-state index in [2.05, 4.69) is 4.98 Å². The van der Waals surface area contributed by atoms with Gasteiger partial charge in [0.25, 0.3) is 0 Å². The minimum atomic E-state index is -0.0609. The molecular weight excluding hydrogens is 162 g/mol. The summed E-state index contributed by atoms with van der Waals surface area (Å²) < 4.78 is 0. The minimum absolute atomic E-state index is 0.0609. The number of nitrogens with zero attached hydrogens (tertiary/aromatic N) is 1. The summed E-state index contributed by atoms with van der Waals surface area (Å²) in [4.78, 5) is 15.5. The molecule has 0 fully saturated rings. The van der Waals surface area contributed by atoms with Gasteiger partial charge in [-0.25, -0.2) is 0 Å². The van der Waals surface area contributed by atoms with Crippen LogP contribution < -0.4 is 0 Å². The number of hydrogen-bond donors (Lipinski definition) is 0. The highest BCUT2D eigenvalue weighted by Gasteiger charge is 2.11. The normalized spacial score (nSPS) is 13.1. The lowest BCUT2D eigenvalue weighted by molar-refractivity contribution is 0.0953. The first-order valence-corrected chi connectivity index (χ1v) is 4.32. The van der Waals surface area contributed by atoms with Crippen molar-refractivity contribution in [1.82, 2.24) is 4.98 Å². The van der Waals surface area contributed by atoms with Gasteiger partial charge in [-0.3, -0.25) is 9.78 Å². The van der Waals surface area contributed by atoms with Crippen LogP contribution in [0.2, 0.25) is 0 Å². The van der Waals surface area contributed by atoms with E-state index < -0.39 is 0 Å². The zero-order valence-electron chi connectivity index (χ0n) is 7.90. The Kier molecular flexibility index (Phi) is 3.38. The van der Waals surface area contributed by atoms with E-state index in [1.54, 1.807) is 24.5 Å². The van der Waals surface area contributed by atoms with E-state index in [9.17, 15) is 4.79 Å². The molecule has 68 valence electrons. The van der Waals surface area contributed by atoms with Crippen molar-refractivity contribution >= 4 is 5.78 Å². The van der Waals surface area contributed by atoms with Crippen molar-refractivity contribution in [3.8, 4) is 0 Å². The average molecular weight is 175 g/mol. The summed E-state index contributed by atoms with van der Waals surface area (Å²) in [5, 5.41) is 0. The van der Waals surface area contributed by atoms with Crippen molar-refractivity contribution in [2.24, 2.45) is 5.92 Å². The van der Waals surface area contributed by atoms with Gasteiger partial charge in [-0.15, -0.1) is 0 Å². The third-order valence-corrected chi connectivity index (χ3v) is 1.84. The van der Waals surface area contributed by atoms with Crippen LogP contribution >= 0.6 is 0 Å². The Bertz CT molecular complexity index is 303. The second-order valence-electron chi connectivity index (χ2n) is 2.92. The maximum Gasteiger partial charge on any atom is 0.170 e. The highest BCUT2D eigenvalue weighted by atomic mass is 16.1. The van der Waals surface area contributed by atoms with Crippen molar-refractivity contribution in [3.05, 3.63) is 42.2 Å². The number of Topliss-reactive ketones (excluding diaryl/α,β-unsaturated/α-hetero) is 1. The molecule has 0 saturated carbocycles. The molecule has 0 amide bonds. The Balaban J connectivity index is 2.80. The van der Waals surface area contributed by atoms with Gasteiger partial charge in [-0.2, -0.15) is 0 Å². The molecule has 0 aliphatic heterocycles. The van der Waals surface area contributed by atoms with Crippen molar-refractivity contribution in [2.45, 2.75) is 13.8 Å². The quantitative estimate of drug-likeness (QED) is 0.521. The second kappa shape index (κ2) is 4.55. The standard InChI is InChI=1S/C11H13NO/c1-3-5-9(2)11(13)10-6-4-7-12-8-10/h3-9H,1-2H3/b5-3+/t9-/m1/s1. The number of ketones is 1. The Hall–Kier alpha value is -1.44. The fourth-order valence-electron chi connectivity index (χ4n) is 1.15. The molecule has 0 N–H and O–H groups in total. The van der Waals surface area contributed by atoms with Gasteiger partial charge in [0.05, 0.1) is 0 Å². The van der Waals surface area contributed by atoms with Crippen LogP contribution in [0.25, 0.3) is 0 Å².